The van der Waals surface area contributed by atoms with E-state index in [1.165, 1.54) is 25.3 Å². The summed E-state index contributed by atoms with van der Waals surface area (Å²) in [5, 5.41) is 14.2. The number of methoxy groups -OCH3 is 1. The zero-order valence-corrected chi connectivity index (χ0v) is 11.9. The second kappa shape index (κ2) is 7.37. The minimum absolute atomic E-state index is 0.0864. The van der Waals surface area contributed by atoms with Gasteiger partial charge in [-0.15, -0.1) is 0 Å². The number of aromatic carboxylic acids is 1. The number of carbonyl (C=O) groups is 2. The molecule has 6 nitrogen and oxygen atoms in total. The van der Waals surface area contributed by atoms with Crippen LogP contribution in [0.1, 0.15) is 30.6 Å². The number of amides is 2. The molecule has 6 heteroatoms. The lowest BCUT2D eigenvalue weighted by Gasteiger charge is -2.12. The fraction of sp³-hybridized carbons (Fsp3) is 0.429. The molecule has 0 saturated heterocycles. The Morgan fingerprint density at radius 3 is 2.60 bits per heavy atom. The zero-order chi connectivity index (χ0) is 15.1. The maximum absolute atomic E-state index is 11.7. The highest BCUT2D eigenvalue weighted by atomic mass is 16.5. The fourth-order valence-corrected chi connectivity index (χ4v) is 1.58. The Labute approximate surface area is 118 Å². The lowest BCUT2D eigenvalue weighted by atomic mass is 10.1. The van der Waals surface area contributed by atoms with Crippen LogP contribution in [0.2, 0.25) is 0 Å². The van der Waals surface area contributed by atoms with E-state index in [0.717, 1.165) is 6.42 Å². The average Bonchev–Trinajstić information content (AvgIpc) is 2.38. The molecule has 0 atom stereocenters. The van der Waals surface area contributed by atoms with Crippen molar-refractivity contribution in [2.75, 3.05) is 19.0 Å². The summed E-state index contributed by atoms with van der Waals surface area (Å²) in [6.45, 7) is 4.70. The van der Waals surface area contributed by atoms with Gasteiger partial charge in [-0.2, -0.15) is 0 Å². The number of urea groups is 1. The summed E-state index contributed by atoms with van der Waals surface area (Å²) < 4.78 is 5.09. The van der Waals surface area contributed by atoms with Crippen molar-refractivity contribution in [2.24, 2.45) is 5.92 Å². The van der Waals surface area contributed by atoms with Gasteiger partial charge in [0.15, 0.2) is 0 Å². The molecule has 0 aliphatic rings. The van der Waals surface area contributed by atoms with E-state index in [1.54, 1.807) is 0 Å². The number of hydrogen-bond acceptors (Lipinski definition) is 3. The minimum Gasteiger partial charge on any atom is -0.495 e. The van der Waals surface area contributed by atoms with E-state index in [2.05, 4.69) is 24.5 Å². The highest BCUT2D eigenvalue weighted by molar-refractivity contribution is 5.94. The van der Waals surface area contributed by atoms with Crippen molar-refractivity contribution < 1.29 is 19.4 Å². The smallest absolute Gasteiger partial charge is 0.335 e. The average molecular weight is 280 g/mol. The van der Waals surface area contributed by atoms with Gasteiger partial charge >= 0.3 is 12.0 Å². The number of hydrogen-bond donors (Lipinski definition) is 3. The highest BCUT2D eigenvalue weighted by Gasteiger charge is 2.11. The van der Waals surface area contributed by atoms with Gasteiger partial charge in [0.25, 0.3) is 0 Å². The standard InChI is InChI=1S/C14H20N2O4/c1-9(2)6-7-15-14(19)16-11-8-10(13(17)18)4-5-12(11)20-3/h4-5,8-9H,6-7H2,1-3H3,(H,17,18)(H2,15,16,19). The molecule has 20 heavy (non-hydrogen) atoms. The number of benzene rings is 1. The quantitative estimate of drug-likeness (QED) is 0.747. The van der Waals surface area contributed by atoms with E-state index in [-0.39, 0.29) is 11.6 Å². The normalized spacial score (nSPS) is 10.2. The number of anilines is 1. The second-order valence-electron chi connectivity index (χ2n) is 4.78. The number of carboxylic acids is 1. The first-order valence-corrected chi connectivity index (χ1v) is 6.40. The Morgan fingerprint density at radius 1 is 1.35 bits per heavy atom. The summed E-state index contributed by atoms with van der Waals surface area (Å²) in [5.41, 5.74) is 0.415. The Balaban J connectivity index is 2.71. The lowest BCUT2D eigenvalue weighted by Crippen LogP contribution is -2.30. The molecule has 0 aliphatic carbocycles. The largest absolute Gasteiger partial charge is 0.495 e. The van der Waals surface area contributed by atoms with Crippen molar-refractivity contribution in [3.05, 3.63) is 23.8 Å². The SMILES string of the molecule is COc1ccc(C(=O)O)cc1NC(=O)NCCC(C)C. The van der Waals surface area contributed by atoms with Crippen LogP contribution in [0.4, 0.5) is 10.5 Å². The first-order valence-electron chi connectivity index (χ1n) is 6.40. The summed E-state index contributed by atoms with van der Waals surface area (Å²) in [6.07, 6.45) is 0.875. The maximum Gasteiger partial charge on any atom is 0.335 e. The van der Waals surface area contributed by atoms with Gasteiger partial charge < -0.3 is 20.5 Å². The summed E-state index contributed by atoms with van der Waals surface area (Å²) in [7, 11) is 1.46. The predicted molar refractivity (Wildman–Crippen MR) is 76.4 cm³/mol. The van der Waals surface area contributed by atoms with Crippen LogP contribution in [0.15, 0.2) is 18.2 Å². The molecule has 0 saturated carbocycles. The molecular weight excluding hydrogens is 260 g/mol. The molecule has 0 unspecified atom stereocenters. The van der Waals surface area contributed by atoms with Crippen LogP contribution < -0.4 is 15.4 Å². The van der Waals surface area contributed by atoms with E-state index in [0.29, 0.717) is 23.9 Å². The molecule has 0 fully saturated rings. The summed E-state index contributed by atoms with van der Waals surface area (Å²) in [6, 6.07) is 3.91. The molecule has 110 valence electrons. The van der Waals surface area contributed by atoms with E-state index >= 15 is 0 Å². The maximum atomic E-state index is 11.7. The van der Waals surface area contributed by atoms with Crippen LogP contribution in [0.25, 0.3) is 0 Å². The minimum atomic E-state index is -1.06. The summed E-state index contributed by atoms with van der Waals surface area (Å²) in [4.78, 5) is 22.6. The molecule has 0 spiro atoms. The summed E-state index contributed by atoms with van der Waals surface area (Å²) in [5.74, 6) is -0.148. The van der Waals surface area contributed by atoms with Crippen molar-refractivity contribution in [1.29, 1.82) is 0 Å². The topological polar surface area (TPSA) is 87.7 Å². The number of carboxylic acid groups (broad SMARTS) is 1. The third kappa shape index (κ3) is 4.79. The van der Waals surface area contributed by atoms with Crippen molar-refractivity contribution in [3.63, 3.8) is 0 Å². The van der Waals surface area contributed by atoms with Crippen molar-refractivity contribution in [2.45, 2.75) is 20.3 Å². The summed E-state index contributed by atoms with van der Waals surface area (Å²) >= 11 is 0. The molecule has 1 aromatic carbocycles. The Bertz CT molecular complexity index is 486. The molecule has 0 aliphatic heterocycles. The third-order valence-corrected chi connectivity index (χ3v) is 2.70. The van der Waals surface area contributed by atoms with E-state index in [1.807, 2.05) is 0 Å². The molecule has 0 bridgehead atoms. The van der Waals surface area contributed by atoms with E-state index < -0.39 is 5.97 Å². The van der Waals surface area contributed by atoms with Crippen molar-refractivity contribution >= 4 is 17.7 Å². The zero-order valence-electron chi connectivity index (χ0n) is 11.9. The van der Waals surface area contributed by atoms with Crippen LogP contribution in [-0.2, 0) is 0 Å². The first-order chi connectivity index (χ1) is 9.43. The molecule has 1 rings (SSSR count). The molecule has 0 radical (unpaired) electrons. The van der Waals surface area contributed by atoms with Gasteiger partial charge in [-0.1, -0.05) is 13.8 Å². The van der Waals surface area contributed by atoms with Crippen LogP contribution >= 0.6 is 0 Å². The lowest BCUT2D eigenvalue weighted by molar-refractivity contribution is 0.0697. The van der Waals surface area contributed by atoms with E-state index in [4.69, 9.17) is 9.84 Å². The van der Waals surface area contributed by atoms with Crippen LogP contribution in [0.5, 0.6) is 5.75 Å². The highest BCUT2D eigenvalue weighted by Crippen LogP contribution is 2.25. The van der Waals surface area contributed by atoms with Gasteiger partial charge in [0.05, 0.1) is 18.4 Å². The van der Waals surface area contributed by atoms with Gasteiger partial charge in [0, 0.05) is 6.54 Å². The molecule has 2 amide bonds. The molecule has 0 aromatic heterocycles. The number of rotatable bonds is 6. The third-order valence-electron chi connectivity index (χ3n) is 2.70. The number of ether oxygens (including phenoxy) is 1. The Hall–Kier alpha value is -2.24. The van der Waals surface area contributed by atoms with Crippen LogP contribution in [0, 0.1) is 5.92 Å². The number of nitrogens with one attached hydrogen (secondary N) is 2. The molecule has 0 heterocycles. The molecule has 3 N–H and O–H groups in total. The van der Waals surface area contributed by atoms with Gasteiger partial charge in [-0.05, 0) is 30.5 Å². The van der Waals surface area contributed by atoms with Crippen LogP contribution in [-0.4, -0.2) is 30.8 Å². The number of carbonyl (C=O) groups excluding carboxylic acids is 1. The van der Waals surface area contributed by atoms with Gasteiger partial charge in [0.1, 0.15) is 5.75 Å². The van der Waals surface area contributed by atoms with E-state index in [9.17, 15) is 9.59 Å². The van der Waals surface area contributed by atoms with Gasteiger partial charge in [-0.25, -0.2) is 9.59 Å². The monoisotopic (exact) mass is 280 g/mol. The van der Waals surface area contributed by atoms with Crippen LogP contribution in [0.3, 0.4) is 0 Å². The second-order valence-corrected chi connectivity index (χ2v) is 4.78. The molecule has 1 aromatic rings. The first kappa shape index (κ1) is 15.8. The van der Waals surface area contributed by atoms with Gasteiger partial charge in [0.2, 0.25) is 0 Å². The Morgan fingerprint density at radius 2 is 2.05 bits per heavy atom. The van der Waals surface area contributed by atoms with Crippen molar-refractivity contribution in [3.8, 4) is 5.75 Å². The fourth-order valence-electron chi connectivity index (χ4n) is 1.58. The Kier molecular flexibility index (Phi) is 5.83. The van der Waals surface area contributed by atoms with Gasteiger partial charge in [-0.3, -0.25) is 0 Å². The van der Waals surface area contributed by atoms with Crippen molar-refractivity contribution in [1.82, 2.24) is 5.32 Å². The molecular formula is C14H20N2O4. The predicted octanol–water partition coefficient (Wildman–Crippen LogP) is 2.56.